The summed E-state index contributed by atoms with van der Waals surface area (Å²) in [7, 11) is 1.65. The fraction of sp³-hybridized carbons (Fsp3) is 0.211. The first-order valence-electron chi connectivity index (χ1n) is 7.67. The predicted octanol–water partition coefficient (Wildman–Crippen LogP) is 5.03. The molecule has 0 aliphatic carbocycles. The van der Waals surface area contributed by atoms with Gasteiger partial charge in [0.25, 0.3) is 0 Å². The molecule has 24 heavy (non-hydrogen) atoms. The zero-order chi connectivity index (χ0) is 17.4. The van der Waals surface area contributed by atoms with E-state index in [4.69, 9.17) is 9.47 Å². The molecule has 0 amide bonds. The Balaban J connectivity index is 2.23. The fourth-order valence-corrected chi connectivity index (χ4v) is 2.53. The second-order valence-electron chi connectivity index (χ2n) is 5.01. The Morgan fingerprint density at radius 3 is 2.62 bits per heavy atom. The number of halogens is 1. The van der Waals surface area contributed by atoms with Crippen molar-refractivity contribution in [3.05, 3.63) is 64.7 Å². The van der Waals surface area contributed by atoms with Crippen molar-refractivity contribution in [2.24, 2.45) is 5.10 Å². The lowest BCUT2D eigenvalue weighted by atomic mass is 10.1. The smallest absolute Gasteiger partial charge is 0.164 e. The highest BCUT2D eigenvalue weighted by Crippen LogP contribution is 2.33. The van der Waals surface area contributed by atoms with Crippen LogP contribution in [0.2, 0.25) is 0 Å². The van der Waals surface area contributed by atoms with Gasteiger partial charge < -0.3 is 9.47 Å². The van der Waals surface area contributed by atoms with Gasteiger partial charge in [0.1, 0.15) is 0 Å². The summed E-state index contributed by atoms with van der Waals surface area (Å²) in [5.41, 5.74) is 5.87. The number of nitrogens with one attached hydrogen (secondary N) is 1. The van der Waals surface area contributed by atoms with Gasteiger partial charge in [-0.3, -0.25) is 5.43 Å². The van der Waals surface area contributed by atoms with Gasteiger partial charge in [-0.1, -0.05) is 22.0 Å². The topological polar surface area (TPSA) is 42.9 Å². The number of hydrazone groups is 1. The highest BCUT2D eigenvalue weighted by atomic mass is 79.9. The molecule has 2 aromatic carbocycles. The number of anilines is 1. The average molecular weight is 389 g/mol. The van der Waals surface area contributed by atoms with Gasteiger partial charge in [0.05, 0.1) is 25.6 Å². The second kappa shape index (κ2) is 9.13. The predicted molar refractivity (Wildman–Crippen MR) is 103 cm³/mol. The van der Waals surface area contributed by atoms with Crippen LogP contribution >= 0.6 is 15.9 Å². The Bertz CT molecular complexity index is 712. The number of methoxy groups -OCH3 is 1. The summed E-state index contributed by atoms with van der Waals surface area (Å²) in [6.07, 6.45) is 4.30. The van der Waals surface area contributed by atoms with Crippen LogP contribution in [0.4, 0.5) is 5.69 Å². The molecule has 0 fully saturated rings. The maximum Gasteiger partial charge on any atom is 0.164 e. The van der Waals surface area contributed by atoms with Crippen molar-refractivity contribution >= 4 is 27.8 Å². The van der Waals surface area contributed by atoms with Crippen LogP contribution in [0.25, 0.3) is 0 Å². The maximum atomic E-state index is 5.69. The molecule has 0 heterocycles. The average Bonchev–Trinajstić information content (AvgIpc) is 2.57. The van der Waals surface area contributed by atoms with Crippen molar-refractivity contribution in [2.45, 2.75) is 13.3 Å². The van der Waals surface area contributed by atoms with Gasteiger partial charge in [-0.05, 0) is 55.3 Å². The first kappa shape index (κ1) is 18.1. The van der Waals surface area contributed by atoms with E-state index in [1.165, 1.54) is 0 Å². The van der Waals surface area contributed by atoms with Gasteiger partial charge >= 0.3 is 0 Å². The Morgan fingerprint density at radius 1 is 1.25 bits per heavy atom. The van der Waals surface area contributed by atoms with Crippen molar-refractivity contribution in [3.8, 4) is 11.5 Å². The number of allylic oxidation sites excluding steroid dienone is 1. The Labute approximate surface area is 151 Å². The number of ether oxygens (including phenoxy) is 2. The van der Waals surface area contributed by atoms with Crippen LogP contribution in [0.1, 0.15) is 18.1 Å². The molecule has 0 aliphatic heterocycles. The van der Waals surface area contributed by atoms with E-state index in [0.29, 0.717) is 18.8 Å². The van der Waals surface area contributed by atoms with E-state index in [2.05, 4.69) is 33.0 Å². The normalized spacial score (nSPS) is 10.6. The second-order valence-corrected chi connectivity index (χ2v) is 5.93. The van der Waals surface area contributed by atoms with Crippen LogP contribution in [0, 0.1) is 0 Å². The number of nitrogens with zero attached hydrogens (tertiary/aromatic N) is 1. The molecule has 5 heteroatoms. The molecule has 0 saturated carbocycles. The van der Waals surface area contributed by atoms with Crippen molar-refractivity contribution < 1.29 is 9.47 Å². The lowest BCUT2D eigenvalue weighted by Gasteiger charge is -2.14. The van der Waals surface area contributed by atoms with Crippen LogP contribution in [-0.4, -0.2) is 19.9 Å². The third-order valence-corrected chi connectivity index (χ3v) is 3.80. The molecular formula is C19H21BrN2O2. The highest BCUT2D eigenvalue weighted by Gasteiger charge is 2.11. The molecule has 0 aliphatic rings. The van der Waals surface area contributed by atoms with E-state index < -0.39 is 0 Å². The van der Waals surface area contributed by atoms with Gasteiger partial charge in [-0.25, -0.2) is 0 Å². The van der Waals surface area contributed by atoms with Crippen LogP contribution in [0.5, 0.6) is 11.5 Å². The monoisotopic (exact) mass is 388 g/mol. The van der Waals surface area contributed by atoms with Crippen molar-refractivity contribution in [2.75, 3.05) is 19.1 Å². The zero-order valence-corrected chi connectivity index (χ0v) is 15.5. The van der Waals surface area contributed by atoms with Gasteiger partial charge in [-0.15, -0.1) is 6.58 Å². The summed E-state index contributed by atoms with van der Waals surface area (Å²) < 4.78 is 12.2. The Hall–Kier alpha value is -2.27. The van der Waals surface area contributed by atoms with Crippen LogP contribution < -0.4 is 14.9 Å². The number of benzene rings is 2. The minimum Gasteiger partial charge on any atom is -0.493 e. The summed E-state index contributed by atoms with van der Waals surface area (Å²) in [4.78, 5) is 0. The largest absolute Gasteiger partial charge is 0.493 e. The van der Waals surface area contributed by atoms with E-state index in [9.17, 15) is 0 Å². The molecule has 0 bridgehead atoms. The minimum atomic E-state index is 0.571. The van der Waals surface area contributed by atoms with Gasteiger partial charge in [-0.2, -0.15) is 5.10 Å². The van der Waals surface area contributed by atoms with Gasteiger partial charge in [0.2, 0.25) is 0 Å². The van der Waals surface area contributed by atoms with E-state index >= 15 is 0 Å². The lowest BCUT2D eigenvalue weighted by molar-refractivity contribution is 0.309. The number of hydrogen-bond acceptors (Lipinski definition) is 4. The van der Waals surface area contributed by atoms with Crippen LogP contribution in [-0.2, 0) is 6.42 Å². The Morgan fingerprint density at radius 2 is 2.00 bits per heavy atom. The molecule has 0 atom stereocenters. The molecule has 0 saturated heterocycles. The molecular weight excluding hydrogens is 368 g/mol. The fourth-order valence-electron chi connectivity index (χ4n) is 2.27. The quantitative estimate of drug-likeness (QED) is 0.391. The standard InChI is InChI=1S/C19H21BrN2O2/c1-4-6-15-11-14(12-18(24-5-2)19(15)23-3)13-21-22-17-9-7-16(20)8-10-17/h4,7-13,22H,1,5-6H2,2-3H3. The summed E-state index contributed by atoms with van der Waals surface area (Å²) in [6.45, 7) is 6.32. The van der Waals surface area contributed by atoms with Crippen molar-refractivity contribution in [1.82, 2.24) is 0 Å². The molecule has 1 N–H and O–H groups in total. The SMILES string of the molecule is C=CCc1cc(C=NNc2ccc(Br)cc2)cc(OCC)c1OC. The lowest BCUT2D eigenvalue weighted by Crippen LogP contribution is -2.01. The van der Waals surface area contributed by atoms with E-state index in [-0.39, 0.29) is 0 Å². The zero-order valence-electron chi connectivity index (χ0n) is 13.9. The molecule has 0 aromatic heterocycles. The number of rotatable bonds is 8. The molecule has 0 radical (unpaired) electrons. The minimum absolute atomic E-state index is 0.571. The van der Waals surface area contributed by atoms with Crippen molar-refractivity contribution in [1.29, 1.82) is 0 Å². The van der Waals surface area contributed by atoms with Crippen molar-refractivity contribution in [3.63, 3.8) is 0 Å². The van der Waals surface area contributed by atoms with E-state index in [1.54, 1.807) is 13.3 Å². The van der Waals surface area contributed by atoms with Gasteiger partial charge in [0, 0.05) is 10.0 Å². The summed E-state index contributed by atoms with van der Waals surface area (Å²) in [5, 5.41) is 4.29. The molecule has 126 valence electrons. The molecule has 0 spiro atoms. The molecule has 2 aromatic rings. The molecule has 0 unspecified atom stereocenters. The third-order valence-electron chi connectivity index (χ3n) is 3.27. The number of hydrogen-bond donors (Lipinski definition) is 1. The summed E-state index contributed by atoms with van der Waals surface area (Å²) >= 11 is 3.41. The highest BCUT2D eigenvalue weighted by molar-refractivity contribution is 9.10. The Kier molecular flexibility index (Phi) is 6.88. The first-order chi connectivity index (χ1) is 11.7. The summed E-state index contributed by atoms with van der Waals surface area (Å²) in [5.74, 6) is 1.46. The summed E-state index contributed by atoms with van der Waals surface area (Å²) in [6, 6.07) is 11.8. The van der Waals surface area contributed by atoms with Gasteiger partial charge in [0.15, 0.2) is 11.5 Å². The van der Waals surface area contributed by atoms with E-state index in [1.807, 2.05) is 49.4 Å². The first-order valence-corrected chi connectivity index (χ1v) is 8.46. The van der Waals surface area contributed by atoms with Crippen LogP contribution in [0.3, 0.4) is 0 Å². The van der Waals surface area contributed by atoms with E-state index in [0.717, 1.165) is 27.0 Å². The maximum absolute atomic E-state index is 5.69. The molecule has 4 nitrogen and oxygen atoms in total. The van der Waals surface area contributed by atoms with Crippen LogP contribution in [0.15, 0.2) is 58.6 Å². The molecule has 2 rings (SSSR count). The third kappa shape index (κ3) is 4.86.